The predicted octanol–water partition coefficient (Wildman–Crippen LogP) is 4.99. The van der Waals surface area contributed by atoms with Crippen LogP contribution in [-0.4, -0.2) is 13.1 Å². The number of nitrogens with zero attached hydrogens (tertiary/aromatic N) is 1. The first-order valence-corrected chi connectivity index (χ1v) is 7.18. The second-order valence-corrected chi connectivity index (χ2v) is 5.21. The molecule has 0 saturated carbocycles. The molecule has 0 heterocycles. The number of halogens is 2. The van der Waals surface area contributed by atoms with Crippen LogP contribution in [0.3, 0.4) is 0 Å². The van der Waals surface area contributed by atoms with E-state index in [0.717, 1.165) is 48.9 Å². The van der Waals surface area contributed by atoms with Crippen LogP contribution in [0.5, 0.6) is 0 Å². The molecule has 1 aromatic rings. The predicted molar refractivity (Wildman–Crippen MR) is 76.1 cm³/mol. The van der Waals surface area contributed by atoms with Crippen LogP contribution in [0, 0.1) is 5.82 Å². The number of rotatable bonds is 7. The van der Waals surface area contributed by atoms with E-state index in [1.165, 1.54) is 6.07 Å². The first-order chi connectivity index (χ1) is 8.19. The van der Waals surface area contributed by atoms with Gasteiger partial charge < -0.3 is 4.90 Å². The third-order valence-corrected chi connectivity index (χ3v) is 3.31. The monoisotopic (exact) mass is 301 g/mol. The van der Waals surface area contributed by atoms with Gasteiger partial charge in [0.25, 0.3) is 0 Å². The van der Waals surface area contributed by atoms with Gasteiger partial charge in [-0.3, -0.25) is 0 Å². The van der Waals surface area contributed by atoms with Gasteiger partial charge in [-0.2, -0.15) is 0 Å². The molecule has 0 spiro atoms. The van der Waals surface area contributed by atoms with Gasteiger partial charge in [-0.25, -0.2) is 4.39 Å². The number of unbranched alkanes of at least 4 members (excludes halogenated alkanes) is 2. The van der Waals surface area contributed by atoms with Crippen LogP contribution in [-0.2, 0) is 0 Å². The van der Waals surface area contributed by atoms with Gasteiger partial charge in [-0.1, -0.05) is 42.6 Å². The lowest BCUT2D eigenvalue weighted by Crippen LogP contribution is -2.26. The van der Waals surface area contributed by atoms with Crippen molar-refractivity contribution in [2.24, 2.45) is 0 Å². The van der Waals surface area contributed by atoms with Gasteiger partial charge in [0, 0.05) is 17.6 Å². The summed E-state index contributed by atoms with van der Waals surface area (Å²) >= 11 is 3.41. The van der Waals surface area contributed by atoms with E-state index in [1.54, 1.807) is 6.07 Å². The zero-order chi connectivity index (χ0) is 12.7. The first-order valence-electron chi connectivity index (χ1n) is 6.39. The van der Waals surface area contributed by atoms with E-state index in [4.69, 9.17) is 0 Å². The zero-order valence-electron chi connectivity index (χ0n) is 10.7. The Balaban J connectivity index is 2.82. The molecule has 0 aliphatic heterocycles. The Kier molecular flexibility index (Phi) is 6.56. The molecule has 0 unspecified atom stereocenters. The van der Waals surface area contributed by atoms with E-state index in [0.29, 0.717) is 0 Å². The summed E-state index contributed by atoms with van der Waals surface area (Å²) < 4.78 is 14.7. The number of hydrogen-bond acceptors (Lipinski definition) is 1. The van der Waals surface area contributed by atoms with Crippen LogP contribution in [0.25, 0.3) is 0 Å². The average molecular weight is 302 g/mol. The van der Waals surface area contributed by atoms with Crippen molar-refractivity contribution in [2.75, 3.05) is 18.0 Å². The smallest absolute Gasteiger partial charge is 0.146 e. The highest BCUT2D eigenvalue weighted by Crippen LogP contribution is 2.24. The second kappa shape index (κ2) is 7.70. The minimum atomic E-state index is -0.125. The van der Waals surface area contributed by atoms with Crippen molar-refractivity contribution < 1.29 is 4.39 Å². The molecule has 17 heavy (non-hydrogen) atoms. The minimum Gasteiger partial charge on any atom is -0.369 e. The van der Waals surface area contributed by atoms with Crippen LogP contribution in [0.1, 0.15) is 39.5 Å². The number of benzene rings is 1. The minimum absolute atomic E-state index is 0.125. The molecular weight excluding hydrogens is 281 g/mol. The van der Waals surface area contributed by atoms with Crippen LogP contribution in [0.4, 0.5) is 10.1 Å². The van der Waals surface area contributed by atoms with Crippen molar-refractivity contribution in [3.05, 3.63) is 28.5 Å². The highest BCUT2D eigenvalue weighted by Gasteiger charge is 2.11. The van der Waals surface area contributed by atoms with E-state index in [2.05, 4.69) is 34.7 Å². The van der Waals surface area contributed by atoms with Crippen molar-refractivity contribution in [3.8, 4) is 0 Å². The lowest BCUT2D eigenvalue weighted by molar-refractivity contribution is 0.604. The third-order valence-electron chi connectivity index (χ3n) is 2.81. The van der Waals surface area contributed by atoms with Gasteiger partial charge in [0.1, 0.15) is 5.82 Å². The standard InChI is InChI=1S/C14H21BrFN/c1-3-5-9-17(10-6-4-2)14-11-12(15)7-8-13(14)16/h7-8,11H,3-6,9-10H2,1-2H3. The summed E-state index contributed by atoms with van der Waals surface area (Å²) in [5, 5.41) is 0. The highest BCUT2D eigenvalue weighted by atomic mass is 79.9. The maximum absolute atomic E-state index is 13.8. The van der Waals surface area contributed by atoms with Crippen molar-refractivity contribution >= 4 is 21.6 Å². The summed E-state index contributed by atoms with van der Waals surface area (Å²) in [6.07, 6.45) is 4.49. The largest absolute Gasteiger partial charge is 0.369 e. The summed E-state index contributed by atoms with van der Waals surface area (Å²) in [5.74, 6) is -0.125. The quantitative estimate of drug-likeness (QED) is 0.685. The molecule has 0 aliphatic rings. The fourth-order valence-corrected chi connectivity index (χ4v) is 2.13. The number of hydrogen-bond donors (Lipinski definition) is 0. The molecule has 0 N–H and O–H groups in total. The van der Waals surface area contributed by atoms with Crippen molar-refractivity contribution in [3.63, 3.8) is 0 Å². The molecule has 3 heteroatoms. The fraction of sp³-hybridized carbons (Fsp3) is 0.571. The van der Waals surface area contributed by atoms with Crippen LogP contribution in [0.2, 0.25) is 0 Å². The Labute approximate surface area is 112 Å². The second-order valence-electron chi connectivity index (χ2n) is 4.29. The zero-order valence-corrected chi connectivity index (χ0v) is 12.3. The molecule has 1 aromatic carbocycles. The van der Waals surface area contributed by atoms with Crippen LogP contribution < -0.4 is 4.90 Å². The Morgan fingerprint density at radius 1 is 1.12 bits per heavy atom. The SMILES string of the molecule is CCCCN(CCCC)c1cc(Br)ccc1F. The topological polar surface area (TPSA) is 3.24 Å². The van der Waals surface area contributed by atoms with Gasteiger partial charge in [-0.05, 0) is 31.0 Å². The van der Waals surface area contributed by atoms with E-state index in [1.807, 2.05) is 6.07 Å². The molecule has 0 bridgehead atoms. The molecule has 0 fully saturated rings. The highest BCUT2D eigenvalue weighted by molar-refractivity contribution is 9.10. The Morgan fingerprint density at radius 3 is 2.24 bits per heavy atom. The summed E-state index contributed by atoms with van der Waals surface area (Å²) in [6, 6.07) is 5.15. The van der Waals surface area contributed by atoms with Gasteiger partial charge in [0.15, 0.2) is 0 Å². The van der Waals surface area contributed by atoms with Crippen LogP contribution >= 0.6 is 15.9 Å². The summed E-state index contributed by atoms with van der Waals surface area (Å²) in [6.45, 7) is 6.19. The fourth-order valence-electron chi connectivity index (χ4n) is 1.78. The van der Waals surface area contributed by atoms with E-state index < -0.39 is 0 Å². The number of anilines is 1. The molecule has 0 saturated heterocycles. The summed E-state index contributed by atoms with van der Waals surface area (Å²) in [5.41, 5.74) is 0.723. The first kappa shape index (κ1) is 14.5. The molecule has 0 aromatic heterocycles. The summed E-state index contributed by atoms with van der Waals surface area (Å²) in [4.78, 5) is 2.16. The van der Waals surface area contributed by atoms with Gasteiger partial charge in [-0.15, -0.1) is 0 Å². The van der Waals surface area contributed by atoms with E-state index in [9.17, 15) is 4.39 Å². The Morgan fingerprint density at radius 2 is 1.71 bits per heavy atom. The molecule has 1 nitrogen and oxygen atoms in total. The van der Waals surface area contributed by atoms with E-state index >= 15 is 0 Å². The van der Waals surface area contributed by atoms with Gasteiger partial charge in [0.05, 0.1) is 5.69 Å². The molecule has 0 amide bonds. The van der Waals surface area contributed by atoms with Gasteiger partial charge >= 0.3 is 0 Å². The molecule has 0 radical (unpaired) electrons. The lowest BCUT2D eigenvalue weighted by Gasteiger charge is -2.25. The molecule has 1 rings (SSSR count). The molecule has 96 valence electrons. The third kappa shape index (κ3) is 4.66. The van der Waals surface area contributed by atoms with Crippen molar-refractivity contribution in [1.29, 1.82) is 0 Å². The average Bonchev–Trinajstić information content (AvgIpc) is 2.33. The maximum Gasteiger partial charge on any atom is 0.146 e. The molecule has 0 atom stereocenters. The van der Waals surface area contributed by atoms with Crippen LogP contribution in [0.15, 0.2) is 22.7 Å². The normalized spacial score (nSPS) is 10.6. The maximum atomic E-state index is 13.8. The molecule has 0 aliphatic carbocycles. The molecular formula is C14H21BrFN. The van der Waals surface area contributed by atoms with Gasteiger partial charge in [0.2, 0.25) is 0 Å². The summed E-state index contributed by atoms with van der Waals surface area (Å²) in [7, 11) is 0. The van der Waals surface area contributed by atoms with E-state index in [-0.39, 0.29) is 5.82 Å². The Bertz CT molecular complexity index is 333. The van der Waals surface area contributed by atoms with Crippen molar-refractivity contribution in [1.82, 2.24) is 0 Å². The lowest BCUT2D eigenvalue weighted by atomic mass is 10.2. The van der Waals surface area contributed by atoms with Crippen molar-refractivity contribution in [2.45, 2.75) is 39.5 Å². The Hall–Kier alpha value is -0.570.